The fourth-order valence-electron chi connectivity index (χ4n) is 2.26. The van der Waals surface area contributed by atoms with Crippen LogP contribution >= 0.6 is 0 Å². The van der Waals surface area contributed by atoms with E-state index < -0.39 is 0 Å². The number of aliphatic imine (C=N–C) groups is 1. The Labute approximate surface area is 141 Å². The SMILES string of the molecule is CN=C(NCc1cccc(F)c1)NCc1ccc(N(C)C)c(F)c1. The second kappa shape index (κ2) is 8.29. The summed E-state index contributed by atoms with van der Waals surface area (Å²) in [5, 5.41) is 6.21. The summed E-state index contributed by atoms with van der Waals surface area (Å²) in [7, 11) is 5.25. The number of anilines is 1. The highest BCUT2D eigenvalue weighted by molar-refractivity contribution is 5.79. The maximum Gasteiger partial charge on any atom is 0.191 e. The summed E-state index contributed by atoms with van der Waals surface area (Å²) in [5.74, 6) is 0.0343. The molecular weight excluding hydrogens is 310 g/mol. The van der Waals surface area contributed by atoms with Crippen LogP contribution in [-0.4, -0.2) is 27.1 Å². The zero-order valence-corrected chi connectivity index (χ0v) is 14.1. The average Bonchev–Trinajstić information content (AvgIpc) is 2.55. The molecule has 24 heavy (non-hydrogen) atoms. The van der Waals surface area contributed by atoms with Gasteiger partial charge in [0.2, 0.25) is 0 Å². The molecule has 0 aliphatic heterocycles. The molecule has 0 atom stereocenters. The van der Waals surface area contributed by atoms with Crippen LogP contribution in [0.3, 0.4) is 0 Å². The molecule has 0 heterocycles. The number of nitrogens with one attached hydrogen (secondary N) is 2. The maximum atomic E-state index is 14.0. The van der Waals surface area contributed by atoms with Crippen molar-refractivity contribution >= 4 is 11.6 Å². The van der Waals surface area contributed by atoms with E-state index in [2.05, 4.69) is 15.6 Å². The zero-order valence-electron chi connectivity index (χ0n) is 14.1. The van der Waals surface area contributed by atoms with Crippen molar-refractivity contribution in [3.8, 4) is 0 Å². The van der Waals surface area contributed by atoms with E-state index in [1.165, 1.54) is 18.2 Å². The van der Waals surface area contributed by atoms with Gasteiger partial charge in [-0.05, 0) is 35.4 Å². The molecule has 0 aliphatic carbocycles. The van der Waals surface area contributed by atoms with Crippen molar-refractivity contribution in [1.82, 2.24) is 10.6 Å². The number of nitrogens with zero attached hydrogens (tertiary/aromatic N) is 2. The quantitative estimate of drug-likeness (QED) is 0.653. The number of guanidine groups is 1. The molecule has 4 nitrogen and oxygen atoms in total. The lowest BCUT2D eigenvalue weighted by Crippen LogP contribution is -2.36. The van der Waals surface area contributed by atoms with E-state index in [9.17, 15) is 8.78 Å². The third-order valence-corrected chi connectivity index (χ3v) is 3.53. The fourth-order valence-corrected chi connectivity index (χ4v) is 2.26. The smallest absolute Gasteiger partial charge is 0.191 e. The highest BCUT2D eigenvalue weighted by Gasteiger charge is 2.06. The first-order valence-corrected chi connectivity index (χ1v) is 7.64. The second-order valence-electron chi connectivity index (χ2n) is 5.59. The molecule has 0 spiro atoms. The van der Waals surface area contributed by atoms with Crippen LogP contribution in [0.5, 0.6) is 0 Å². The summed E-state index contributed by atoms with van der Waals surface area (Å²) in [6.45, 7) is 0.888. The minimum Gasteiger partial charge on any atom is -0.375 e. The van der Waals surface area contributed by atoms with E-state index in [4.69, 9.17) is 0 Å². The molecule has 0 aromatic heterocycles. The van der Waals surface area contributed by atoms with Crippen LogP contribution in [0.1, 0.15) is 11.1 Å². The lowest BCUT2D eigenvalue weighted by molar-refractivity contribution is 0.622. The zero-order chi connectivity index (χ0) is 17.5. The van der Waals surface area contributed by atoms with Crippen molar-refractivity contribution in [3.05, 3.63) is 65.2 Å². The average molecular weight is 332 g/mol. The van der Waals surface area contributed by atoms with Crippen molar-refractivity contribution in [1.29, 1.82) is 0 Å². The highest BCUT2D eigenvalue weighted by atomic mass is 19.1. The minimum absolute atomic E-state index is 0.262. The predicted octanol–water partition coefficient (Wildman–Crippen LogP) is 2.90. The van der Waals surface area contributed by atoms with E-state index >= 15 is 0 Å². The van der Waals surface area contributed by atoms with Gasteiger partial charge in [0, 0.05) is 34.2 Å². The van der Waals surface area contributed by atoms with Gasteiger partial charge in [-0.25, -0.2) is 8.78 Å². The number of hydrogen-bond donors (Lipinski definition) is 2. The van der Waals surface area contributed by atoms with Gasteiger partial charge < -0.3 is 15.5 Å². The Bertz CT molecular complexity index is 714. The molecule has 0 unspecified atom stereocenters. The second-order valence-corrected chi connectivity index (χ2v) is 5.59. The van der Waals surface area contributed by atoms with Crippen molar-refractivity contribution in [2.75, 3.05) is 26.0 Å². The molecular formula is C18H22F2N4. The summed E-state index contributed by atoms with van der Waals surface area (Å²) >= 11 is 0. The molecule has 0 saturated carbocycles. The number of halogens is 2. The molecule has 0 fully saturated rings. The molecule has 2 N–H and O–H groups in total. The van der Waals surface area contributed by atoms with Gasteiger partial charge in [0.05, 0.1) is 5.69 Å². The Morgan fingerprint density at radius 3 is 2.21 bits per heavy atom. The fraction of sp³-hybridized carbons (Fsp3) is 0.278. The molecule has 128 valence electrons. The molecule has 2 aromatic carbocycles. The topological polar surface area (TPSA) is 39.7 Å². The molecule has 0 saturated heterocycles. The van der Waals surface area contributed by atoms with Gasteiger partial charge in [0.15, 0.2) is 5.96 Å². The van der Waals surface area contributed by atoms with Gasteiger partial charge in [-0.3, -0.25) is 4.99 Å². The van der Waals surface area contributed by atoms with Crippen molar-refractivity contribution < 1.29 is 8.78 Å². The Morgan fingerprint density at radius 1 is 1.00 bits per heavy atom. The van der Waals surface area contributed by atoms with Gasteiger partial charge >= 0.3 is 0 Å². The first kappa shape index (κ1) is 17.7. The van der Waals surface area contributed by atoms with Gasteiger partial charge in [-0.1, -0.05) is 18.2 Å². The largest absolute Gasteiger partial charge is 0.375 e. The Morgan fingerprint density at radius 2 is 1.67 bits per heavy atom. The van der Waals surface area contributed by atoms with Crippen LogP contribution in [-0.2, 0) is 13.1 Å². The molecule has 0 aliphatic rings. The van der Waals surface area contributed by atoms with Gasteiger partial charge in [0.25, 0.3) is 0 Å². The normalized spacial score (nSPS) is 11.3. The molecule has 0 radical (unpaired) electrons. The van der Waals surface area contributed by atoms with Gasteiger partial charge in [-0.2, -0.15) is 0 Å². The van der Waals surface area contributed by atoms with E-state index in [0.29, 0.717) is 24.7 Å². The Kier molecular flexibility index (Phi) is 6.12. The number of rotatable bonds is 5. The van der Waals surface area contributed by atoms with Crippen LogP contribution in [0.4, 0.5) is 14.5 Å². The van der Waals surface area contributed by atoms with Crippen LogP contribution in [0.25, 0.3) is 0 Å². The maximum absolute atomic E-state index is 14.0. The van der Waals surface area contributed by atoms with Crippen LogP contribution in [0, 0.1) is 11.6 Å². The highest BCUT2D eigenvalue weighted by Crippen LogP contribution is 2.18. The monoisotopic (exact) mass is 332 g/mol. The van der Waals surface area contributed by atoms with Crippen molar-refractivity contribution in [2.45, 2.75) is 13.1 Å². The van der Waals surface area contributed by atoms with E-state index in [0.717, 1.165) is 11.1 Å². The summed E-state index contributed by atoms with van der Waals surface area (Å²) in [4.78, 5) is 5.84. The predicted molar refractivity (Wildman–Crippen MR) is 94.2 cm³/mol. The summed E-state index contributed by atoms with van der Waals surface area (Å²) in [5.41, 5.74) is 2.18. The molecule has 0 amide bonds. The third kappa shape index (κ3) is 4.94. The number of benzene rings is 2. The van der Waals surface area contributed by atoms with E-state index in [1.807, 2.05) is 12.1 Å². The summed E-state index contributed by atoms with van der Waals surface area (Å²) in [6.07, 6.45) is 0. The molecule has 2 rings (SSSR count). The van der Waals surface area contributed by atoms with Gasteiger partial charge in [-0.15, -0.1) is 0 Å². The third-order valence-electron chi connectivity index (χ3n) is 3.53. The molecule has 0 bridgehead atoms. The van der Waals surface area contributed by atoms with Crippen molar-refractivity contribution in [3.63, 3.8) is 0 Å². The first-order valence-electron chi connectivity index (χ1n) is 7.64. The van der Waals surface area contributed by atoms with Crippen LogP contribution in [0.15, 0.2) is 47.5 Å². The standard InChI is InChI=1S/C18H22F2N4/c1-21-18(22-11-13-5-4-6-15(19)9-13)23-12-14-7-8-17(24(2)3)16(20)10-14/h4-10H,11-12H2,1-3H3,(H2,21,22,23). The lowest BCUT2D eigenvalue weighted by Gasteiger charge is -2.15. The first-order chi connectivity index (χ1) is 11.5. The molecule has 2 aromatic rings. The Hall–Kier alpha value is -2.63. The molecule has 6 heteroatoms. The van der Waals surface area contributed by atoms with Crippen LogP contribution < -0.4 is 15.5 Å². The Balaban J connectivity index is 1.91. The van der Waals surface area contributed by atoms with E-state index in [1.54, 1.807) is 38.2 Å². The minimum atomic E-state index is -0.270. The lowest BCUT2D eigenvalue weighted by atomic mass is 10.2. The summed E-state index contributed by atoms with van der Waals surface area (Å²) in [6, 6.07) is 11.5. The van der Waals surface area contributed by atoms with Crippen molar-refractivity contribution in [2.24, 2.45) is 4.99 Å². The van der Waals surface area contributed by atoms with Gasteiger partial charge in [0.1, 0.15) is 11.6 Å². The van der Waals surface area contributed by atoms with Crippen LogP contribution in [0.2, 0.25) is 0 Å². The van der Waals surface area contributed by atoms with E-state index in [-0.39, 0.29) is 11.6 Å². The summed E-state index contributed by atoms with van der Waals surface area (Å²) < 4.78 is 27.1. The number of hydrogen-bond acceptors (Lipinski definition) is 2.